The monoisotopic (exact) mass is 324 g/mol. The topological polar surface area (TPSA) is 80.5 Å². The molecular weight excluding hydrogens is 309 g/mol. The molecule has 0 aliphatic rings. The highest BCUT2D eigenvalue weighted by atomic mass is 32.2. The highest BCUT2D eigenvalue weighted by Crippen LogP contribution is 2.20. The molecule has 118 valence electrons. The maximum absolute atomic E-state index is 12.5. The zero-order valence-electron chi connectivity index (χ0n) is 11.4. The van der Waals surface area contributed by atoms with Gasteiger partial charge in [-0.1, -0.05) is 0 Å². The molecule has 0 fully saturated rings. The number of nitrogens with zero attached hydrogens (tertiary/aromatic N) is 1. The van der Waals surface area contributed by atoms with E-state index in [1.807, 2.05) is 0 Å². The van der Waals surface area contributed by atoms with E-state index in [4.69, 9.17) is 5.14 Å². The number of hydrogen-bond acceptors (Lipinski definition) is 3. The van der Waals surface area contributed by atoms with Crippen molar-refractivity contribution in [1.82, 2.24) is 4.90 Å². The van der Waals surface area contributed by atoms with Crippen LogP contribution in [0.2, 0.25) is 0 Å². The van der Waals surface area contributed by atoms with Crippen molar-refractivity contribution in [2.45, 2.75) is 31.0 Å². The lowest BCUT2D eigenvalue weighted by Gasteiger charge is -2.27. The number of hydrogen-bond donors (Lipinski definition) is 1. The summed E-state index contributed by atoms with van der Waals surface area (Å²) in [5, 5.41) is 4.90. The predicted molar refractivity (Wildman–Crippen MR) is 70.0 cm³/mol. The van der Waals surface area contributed by atoms with Crippen molar-refractivity contribution in [1.29, 1.82) is 0 Å². The van der Waals surface area contributed by atoms with Crippen LogP contribution in [-0.4, -0.2) is 38.0 Å². The minimum absolute atomic E-state index is 0.0413. The standard InChI is InChI=1S/C12H15F3N2O3S/c1-8(2)17(7-12(13,14)15)11(18)9-3-5-10(6-4-9)21(16,19)20/h3-6,8H,7H2,1-2H3,(H2,16,19,20). The first-order chi connectivity index (χ1) is 9.42. The summed E-state index contributed by atoms with van der Waals surface area (Å²) in [5.41, 5.74) is -0.0413. The van der Waals surface area contributed by atoms with Gasteiger partial charge >= 0.3 is 6.18 Å². The Morgan fingerprint density at radius 3 is 2.05 bits per heavy atom. The summed E-state index contributed by atoms with van der Waals surface area (Å²) >= 11 is 0. The third-order valence-electron chi connectivity index (χ3n) is 2.66. The van der Waals surface area contributed by atoms with Crippen molar-refractivity contribution in [2.75, 3.05) is 6.54 Å². The molecule has 0 aliphatic heterocycles. The number of carbonyl (C=O) groups is 1. The van der Waals surface area contributed by atoms with Gasteiger partial charge in [0.1, 0.15) is 6.54 Å². The Morgan fingerprint density at radius 2 is 1.71 bits per heavy atom. The van der Waals surface area contributed by atoms with Crippen LogP contribution in [0.3, 0.4) is 0 Å². The first kappa shape index (κ1) is 17.4. The predicted octanol–water partition coefficient (Wildman–Crippen LogP) is 1.75. The zero-order valence-corrected chi connectivity index (χ0v) is 12.2. The van der Waals surface area contributed by atoms with Gasteiger partial charge in [-0.25, -0.2) is 13.6 Å². The van der Waals surface area contributed by atoms with Crippen LogP contribution >= 0.6 is 0 Å². The molecule has 0 heterocycles. The molecule has 0 bridgehead atoms. The number of benzene rings is 1. The SMILES string of the molecule is CC(C)N(CC(F)(F)F)C(=O)c1ccc(S(N)(=O)=O)cc1. The lowest BCUT2D eigenvalue weighted by Crippen LogP contribution is -2.43. The third kappa shape index (κ3) is 5.01. The number of alkyl halides is 3. The average molecular weight is 324 g/mol. The molecule has 21 heavy (non-hydrogen) atoms. The molecule has 9 heteroatoms. The molecule has 0 saturated carbocycles. The molecule has 0 atom stereocenters. The molecule has 0 saturated heterocycles. The highest BCUT2D eigenvalue weighted by molar-refractivity contribution is 7.89. The Kier molecular flexibility index (Phi) is 5.00. The highest BCUT2D eigenvalue weighted by Gasteiger charge is 2.34. The van der Waals surface area contributed by atoms with Crippen molar-refractivity contribution >= 4 is 15.9 Å². The molecule has 1 amide bonds. The Bertz CT molecular complexity index is 610. The van der Waals surface area contributed by atoms with Crippen LogP contribution in [0.15, 0.2) is 29.2 Å². The Hall–Kier alpha value is -1.61. The van der Waals surface area contributed by atoms with Crippen LogP contribution in [0.1, 0.15) is 24.2 Å². The molecule has 0 aliphatic carbocycles. The number of halogens is 3. The van der Waals surface area contributed by atoms with Crippen LogP contribution in [-0.2, 0) is 10.0 Å². The number of rotatable bonds is 4. The number of carbonyl (C=O) groups excluding carboxylic acids is 1. The van der Waals surface area contributed by atoms with E-state index in [2.05, 4.69) is 0 Å². The summed E-state index contributed by atoms with van der Waals surface area (Å²) in [7, 11) is -3.92. The van der Waals surface area contributed by atoms with Crippen LogP contribution < -0.4 is 5.14 Å². The van der Waals surface area contributed by atoms with E-state index in [1.54, 1.807) is 0 Å². The minimum atomic E-state index is -4.51. The second-order valence-electron chi connectivity index (χ2n) is 4.71. The van der Waals surface area contributed by atoms with Crippen molar-refractivity contribution in [3.63, 3.8) is 0 Å². The maximum Gasteiger partial charge on any atom is 0.406 e. The molecule has 1 rings (SSSR count). The largest absolute Gasteiger partial charge is 0.406 e. The Labute approximate surface area is 120 Å². The molecule has 1 aromatic rings. The molecule has 0 spiro atoms. The van der Waals surface area contributed by atoms with Gasteiger partial charge < -0.3 is 4.90 Å². The number of primary sulfonamides is 1. The van der Waals surface area contributed by atoms with E-state index in [-0.39, 0.29) is 10.5 Å². The van der Waals surface area contributed by atoms with Gasteiger partial charge in [-0.15, -0.1) is 0 Å². The molecule has 1 aromatic carbocycles. The fourth-order valence-corrected chi connectivity index (χ4v) is 2.15. The van der Waals surface area contributed by atoms with E-state index in [0.29, 0.717) is 4.90 Å². The first-order valence-corrected chi connectivity index (χ1v) is 7.47. The van der Waals surface area contributed by atoms with Crippen molar-refractivity contribution in [2.24, 2.45) is 5.14 Å². The first-order valence-electron chi connectivity index (χ1n) is 5.92. The second-order valence-corrected chi connectivity index (χ2v) is 6.27. The van der Waals surface area contributed by atoms with Crippen molar-refractivity contribution in [3.8, 4) is 0 Å². The minimum Gasteiger partial charge on any atom is -0.327 e. The van der Waals surface area contributed by atoms with Gasteiger partial charge in [-0.05, 0) is 38.1 Å². The summed E-state index contributed by atoms with van der Waals surface area (Å²) in [6.07, 6.45) is -4.51. The van der Waals surface area contributed by atoms with Gasteiger partial charge in [0.05, 0.1) is 4.90 Å². The summed E-state index contributed by atoms with van der Waals surface area (Å²) in [4.78, 5) is 12.5. The number of nitrogens with two attached hydrogens (primary N) is 1. The third-order valence-corrected chi connectivity index (χ3v) is 3.59. The fraction of sp³-hybridized carbons (Fsp3) is 0.417. The molecule has 0 unspecified atom stereocenters. The van der Waals surface area contributed by atoms with Crippen molar-refractivity contribution < 1.29 is 26.4 Å². The van der Waals surface area contributed by atoms with Gasteiger partial charge in [0.2, 0.25) is 10.0 Å². The van der Waals surface area contributed by atoms with Gasteiger partial charge in [0.15, 0.2) is 0 Å². The summed E-state index contributed by atoms with van der Waals surface area (Å²) in [6, 6.07) is 3.77. The van der Waals surface area contributed by atoms with Crippen LogP contribution in [0.4, 0.5) is 13.2 Å². The Balaban J connectivity index is 3.05. The van der Waals surface area contributed by atoms with E-state index < -0.39 is 34.7 Å². The summed E-state index contributed by atoms with van der Waals surface area (Å²) in [6.45, 7) is 1.55. The van der Waals surface area contributed by atoms with Gasteiger partial charge in [0.25, 0.3) is 5.91 Å². The van der Waals surface area contributed by atoms with E-state index in [9.17, 15) is 26.4 Å². The number of amides is 1. The normalized spacial score (nSPS) is 12.5. The molecule has 0 radical (unpaired) electrons. The van der Waals surface area contributed by atoms with Crippen LogP contribution in [0.5, 0.6) is 0 Å². The van der Waals surface area contributed by atoms with E-state index in [0.717, 1.165) is 24.3 Å². The summed E-state index contributed by atoms with van der Waals surface area (Å²) in [5.74, 6) is -0.830. The van der Waals surface area contributed by atoms with Gasteiger partial charge in [0, 0.05) is 11.6 Å². The molecular formula is C12H15F3N2O3S. The number of sulfonamides is 1. The second kappa shape index (κ2) is 6.02. The lowest BCUT2D eigenvalue weighted by molar-refractivity contribution is -0.143. The van der Waals surface area contributed by atoms with Gasteiger partial charge in [-0.2, -0.15) is 13.2 Å². The zero-order chi connectivity index (χ0) is 16.4. The Morgan fingerprint density at radius 1 is 1.24 bits per heavy atom. The van der Waals surface area contributed by atoms with E-state index >= 15 is 0 Å². The van der Waals surface area contributed by atoms with Crippen LogP contribution in [0, 0.1) is 0 Å². The average Bonchev–Trinajstić information content (AvgIpc) is 2.33. The summed E-state index contributed by atoms with van der Waals surface area (Å²) < 4.78 is 59.6. The molecule has 5 nitrogen and oxygen atoms in total. The fourth-order valence-electron chi connectivity index (χ4n) is 1.64. The van der Waals surface area contributed by atoms with Crippen molar-refractivity contribution in [3.05, 3.63) is 29.8 Å². The van der Waals surface area contributed by atoms with Crippen LogP contribution in [0.25, 0.3) is 0 Å². The maximum atomic E-state index is 12.5. The lowest BCUT2D eigenvalue weighted by atomic mass is 10.1. The van der Waals surface area contributed by atoms with E-state index in [1.165, 1.54) is 13.8 Å². The molecule has 2 N–H and O–H groups in total. The smallest absolute Gasteiger partial charge is 0.327 e. The molecule has 0 aromatic heterocycles. The van der Waals surface area contributed by atoms with Gasteiger partial charge in [-0.3, -0.25) is 4.79 Å². The quantitative estimate of drug-likeness (QED) is 0.916.